The molecule has 0 radical (unpaired) electrons. The van der Waals surface area contributed by atoms with Crippen LogP contribution in [0.3, 0.4) is 0 Å². The Morgan fingerprint density at radius 1 is 0.893 bits per heavy atom. The van der Waals surface area contributed by atoms with Crippen molar-refractivity contribution >= 4 is 11.8 Å². The molecule has 148 valence electrons. The maximum Gasteiger partial charge on any atom is 0.416 e. The van der Waals surface area contributed by atoms with Crippen LogP contribution < -0.4 is 0 Å². The summed E-state index contributed by atoms with van der Waals surface area (Å²) in [6.07, 6.45) is -4.38. The molecule has 2 amide bonds. The Labute approximate surface area is 159 Å². The lowest BCUT2D eigenvalue weighted by Crippen LogP contribution is -2.51. The van der Waals surface area contributed by atoms with Gasteiger partial charge in [-0.3, -0.25) is 9.59 Å². The van der Waals surface area contributed by atoms with E-state index in [1.54, 1.807) is 17.0 Å². The number of piperazine rings is 1. The Bertz CT molecular complexity index is 857. The number of amides is 2. The average molecular weight is 394 g/mol. The van der Waals surface area contributed by atoms with E-state index in [1.165, 1.54) is 17.0 Å². The summed E-state index contributed by atoms with van der Waals surface area (Å²) in [6.45, 7) is 1.21. The van der Waals surface area contributed by atoms with Gasteiger partial charge in [0.05, 0.1) is 12.0 Å². The standard InChI is InChI=1S/C20H18F4N2O2/c21-17-3-1-2-14(12-17)13-18(27)25-8-10-26(11-9-25)19(28)15-4-6-16(7-5-15)20(22,23)24/h1-7,12H,8-11,13H2. The normalized spacial score (nSPS) is 14.9. The first-order valence-corrected chi connectivity index (χ1v) is 8.73. The lowest BCUT2D eigenvalue weighted by Gasteiger charge is -2.35. The third-order valence-electron chi connectivity index (χ3n) is 4.62. The van der Waals surface area contributed by atoms with Crippen LogP contribution in [0.4, 0.5) is 17.6 Å². The second kappa shape index (κ2) is 8.00. The van der Waals surface area contributed by atoms with Crippen molar-refractivity contribution in [2.75, 3.05) is 26.2 Å². The first-order chi connectivity index (χ1) is 13.2. The van der Waals surface area contributed by atoms with Gasteiger partial charge in [-0.15, -0.1) is 0 Å². The Kier molecular flexibility index (Phi) is 5.67. The Morgan fingerprint density at radius 2 is 1.50 bits per heavy atom. The van der Waals surface area contributed by atoms with Crippen molar-refractivity contribution in [2.45, 2.75) is 12.6 Å². The topological polar surface area (TPSA) is 40.6 Å². The van der Waals surface area contributed by atoms with Crippen molar-refractivity contribution in [2.24, 2.45) is 0 Å². The van der Waals surface area contributed by atoms with E-state index in [1.807, 2.05) is 0 Å². The number of hydrogen-bond donors (Lipinski definition) is 0. The van der Waals surface area contributed by atoms with E-state index < -0.39 is 17.6 Å². The zero-order valence-corrected chi connectivity index (χ0v) is 14.9. The number of carbonyl (C=O) groups excluding carboxylic acids is 2. The molecule has 0 aromatic heterocycles. The van der Waals surface area contributed by atoms with E-state index in [2.05, 4.69) is 0 Å². The molecular formula is C20H18F4N2O2. The summed E-state index contributed by atoms with van der Waals surface area (Å²) in [5.41, 5.74) is -0.0578. The molecule has 0 bridgehead atoms. The Balaban J connectivity index is 1.56. The summed E-state index contributed by atoms with van der Waals surface area (Å²) < 4.78 is 51.1. The molecule has 2 aromatic carbocycles. The summed E-state index contributed by atoms with van der Waals surface area (Å²) in [5, 5.41) is 0. The van der Waals surface area contributed by atoms with Crippen LogP contribution in [0.25, 0.3) is 0 Å². The molecule has 2 aromatic rings. The minimum Gasteiger partial charge on any atom is -0.339 e. The third-order valence-corrected chi connectivity index (χ3v) is 4.62. The van der Waals surface area contributed by atoms with E-state index in [-0.39, 0.29) is 36.9 Å². The molecule has 0 unspecified atom stereocenters. The number of benzene rings is 2. The predicted molar refractivity (Wildman–Crippen MR) is 94.0 cm³/mol. The van der Waals surface area contributed by atoms with Crippen LogP contribution in [-0.2, 0) is 17.4 Å². The average Bonchev–Trinajstić information content (AvgIpc) is 2.67. The number of halogens is 4. The van der Waals surface area contributed by atoms with Crippen LogP contribution in [0.15, 0.2) is 48.5 Å². The molecule has 8 heteroatoms. The summed E-state index contributed by atoms with van der Waals surface area (Å²) in [5.74, 6) is -0.935. The molecule has 1 heterocycles. The van der Waals surface area contributed by atoms with E-state index in [9.17, 15) is 27.2 Å². The van der Waals surface area contributed by atoms with Gasteiger partial charge in [0, 0.05) is 31.7 Å². The van der Waals surface area contributed by atoms with Crippen LogP contribution in [0, 0.1) is 5.82 Å². The molecule has 1 fully saturated rings. The number of alkyl halides is 3. The molecule has 0 aliphatic carbocycles. The maximum absolute atomic E-state index is 13.2. The van der Waals surface area contributed by atoms with E-state index in [4.69, 9.17) is 0 Å². The highest BCUT2D eigenvalue weighted by molar-refractivity contribution is 5.94. The molecule has 4 nitrogen and oxygen atoms in total. The van der Waals surface area contributed by atoms with Crippen LogP contribution >= 0.6 is 0 Å². The fourth-order valence-electron chi connectivity index (χ4n) is 3.08. The molecule has 0 atom stereocenters. The van der Waals surface area contributed by atoms with Gasteiger partial charge in [-0.25, -0.2) is 4.39 Å². The molecule has 28 heavy (non-hydrogen) atoms. The second-order valence-corrected chi connectivity index (χ2v) is 6.55. The first-order valence-electron chi connectivity index (χ1n) is 8.73. The van der Waals surface area contributed by atoms with E-state index >= 15 is 0 Å². The molecule has 0 N–H and O–H groups in total. The zero-order valence-electron chi connectivity index (χ0n) is 14.9. The number of nitrogens with zero attached hydrogens (tertiary/aromatic N) is 2. The molecule has 3 rings (SSSR count). The highest BCUT2D eigenvalue weighted by Gasteiger charge is 2.31. The smallest absolute Gasteiger partial charge is 0.339 e. The molecule has 0 saturated carbocycles. The molecule has 1 aliphatic heterocycles. The Morgan fingerprint density at radius 3 is 2.07 bits per heavy atom. The quantitative estimate of drug-likeness (QED) is 0.749. The van der Waals surface area contributed by atoms with Crippen molar-refractivity contribution in [3.63, 3.8) is 0 Å². The lowest BCUT2D eigenvalue weighted by molar-refractivity contribution is -0.137. The van der Waals surface area contributed by atoms with Crippen molar-refractivity contribution < 1.29 is 27.2 Å². The minimum absolute atomic E-state index is 0.0740. The van der Waals surface area contributed by atoms with Crippen LogP contribution in [0.1, 0.15) is 21.5 Å². The van der Waals surface area contributed by atoms with Gasteiger partial charge in [0.15, 0.2) is 0 Å². The van der Waals surface area contributed by atoms with Gasteiger partial charge in [-0.2, -0.15) is 13.2 Å². The molecular weight excluding hydrogens is 376 g/mol. The minimum atomic E-state index is -4.45. The highest BCUT2D eigenvalue weighted by Crippen LogP contribution is 2.29. The van der Waals surface area contributed by atoms with Crippen molar-refractivity contribution in [1.82, 2.24) is 9.80 Å². The fourth-order valence-corrected chi connectivity index (χ4v) is 3.08. The monoisotopic (exact) mass is 394 g/mol. The number of carbonyl (C=O) groups is 2. The fraction of sp³-hybridized carbons (Fsp3) is 0.300. The Hall–Kier alpha value is -2.90. The maximum atomic E-state index is 13.2. The van der Waals surface area contributed by atoms with Crippen molar-refractivity contribution in [3.8, 4) is 0 Å². The van der Waals surface area contributed by atoms with Gasteiger partial charge < -0.3 is 9.80 Å². The van der Waals surface area contributed by atoms with Gasteiger partial charge >= 0.3 is 6.18 Å². The summed E-state index contributed by atoms with van der Waals surface area (Å²) in [4.78, 5) is 27.9. The predicted octanol–water partition coefficient (Wildman–Crippen LogP) is 3.37. The third kappa shape index (κ3) is 4.68. The van der Waals surface area contributed by atoms with Crippen molar-refractivity contribution in [3.05, 3.63) is 71.0 Å². The molecule has 1 aliphatic rings. The second-order valence-electron chi connectivity index (χ2n) is 6.55. The molecule has 1 saturated heterocycles. The van der Waals surface area contributed by atoms with E-state index in [0.717, 1.165) is 24.3 Å². The number of rotatable bonds is 3. The summed E-state index contributed by atoms with van der Waals surface area (Å²) in [7, 11) is 0. The lowest BCUT2D eigenvalue weighted by atomic mass is 10.1. The highest BCUT2D eigenvalue weighted by atomic mass is 19.4. The summed E-state index contributed by atoms with van der Waals surface area (Å²) in [6, 6.07) is 9.91. The van der Waals surface area contributed by atoms with Gasteiger partial charge in [-0.05, 0) is 42.0 Å². The van der Waals surface area contributed by atoms with Gasteiger partial charge in [0.25, 0.3) is 5.91 Å². The summed E-state index contributed by atoms with van der Waals surface area (Å²) >= 11 is 0. The van der Waals surface area contributed by atoms with E-state index in [0.29, 0.717) is 18.7 Å². The van der Waals surface area contributed by atoms with Crippen molar-refractivity contribution in [1.29, 1.82) is 0 Å². The first kappa shape index (κ1) is 19.9. The molecule has 0 spiro atoms. The number of hydrogen-bond acceptors (Lipinski definition) is 2. The largest absolute Gasteiger partial charge is 0.416 e. The van der Waals surface area contributed by atoms with Gasteiger partial charge in [0.2, 0.25) is 5.91 Å². The van der Waals surface area contributed by atoms with Gasteiger partial charge in [-0.1, -0.05) is 12.1 Å². The SMILES string of the molecule is O=C(Cc1cccc(F)c1)N1CCN(C(=O)c2ccc(C(F)(F)F)cc2)CC1. The van der Waals surface area contributed by atoms with Crippen LogP contribution in [0.5, 0.6) is 0 Å². The van der Waals surface area contributed by atoms with Crippen LogP contribution in [-0.4, -0.2) is 47.8 Å². The zero-order chi connectivity index (χ0) is 20.3. The van der Waals surface area contributed by atoms with Crippen LogP contribution in [0.2, 0.25) is 0 Å². The van der Waals surface area contributed by atoms with Gasteiger partial charge in [0.1, 0.15) is 5.82 Å².